The Balaban J connectivity index is 1.63. The first-order valence-electron chi connectivity index (χ1n) is 7.06. The Hall–Kier alpha value is -1.68. The highest BCUT2D eigenvalue weighted by Crippen LogP contribution is 2.27. The molecular formula is C18H16ClNOS. The van der Waals surface area contributed by atoms with Crippen molar-refractivity contribution < 1.29 is 4.74 Å². The Kier molecular flexibility index (Phi) is 4.88. The molecule has 0 saturated heterocycles. The first kappa shape index (κ1) is 15.2. The van der Waals surface area contributed by atoms with Crippen LogP contribution in [-0.4, -0.2) is 4.98 Å². The topological polar surface area (TPSA) is 22.1 Å². The third-order valence-corrected chi connectivity index (χ3v) is 4.65. The van der Waals surface area contributed by atoms with Crippen molar-refractivity contribution in [2.75, 3.05) is 0 Å². The van der Waals surface area contributed by atoms with Crippen molar-refractivity contribution in [3.63, 3.8) is 0 Å². The smallest absolute Gasteiger partial charge is 0.123 e. The predicted octanol–water partition coefficient (Wildman–Crippen LogP) is 5.49. The Morgan fingerprint density at radius 1 is 1.00 bits per heavy atom. The lowest BCUT2D eigenvalue weighted by molar-refractivity contribution is 0.104. The summed E-state index contributed by atoms with van der Waals surface area (Å²) in [4.78, 5) is 5.90. The van der Waals surface area contributed by atoms with Crippen LogP contribution in [0.15, 0.2) is 54.6 Å². The van der Waals surface area contributed by atoms with E-state index in [9.17, 15) is 0 Å². The number of nitrogens with zero attached hydrogens (tertiary/aromatic N) is 1. The van der Waals surface area contributed by atoms with Gasteiger partial charge in [-0.05, 0) is 24.6 Å². The maximum absolute atomic E-state index is 5.87. The van der Waals surface area contributed by atoms with E-state index < -0.39 is 0 Å². The van der Waals surface area contributed by atoms with Gasteiger partial charge in [-0.3, -0.25) is 0 Å². The molecule has 0 unspecified atom stereocenters. The van der Waals surface area contributed by atoms with Crippen LogP contribution in [-0.2, 0) is 18.0 Å². The van der Waals surface area contributed by atoms with Gasteiger partial charge in [0.1, 0.15) is 5.01 Å². The minimum atomic E-state index is 0.526. The summed E-state index contributed by atoms with van der Waals surface area (Å²) in [5.74, 6) is 0. The number of aromatic nitrogens is 1. The number of hydrogen-bond donors (Lipinski definition) is 0. The molecule has 0 bridgehead atoms. The van der Waals surface area contributed by atoms with Crippen molar-refractivity contribution in [2.45, 2.75) is 20.1 Å². The van der Waals surface area contributed by atoms with Crippen LogP contribution >= 0.6 is 22.9 Å². The molecule has 2 aromatic carbocycles. The van der Waals surface area contributed by atoms with Gasteiger partial charge in [0.25, 0.3) is 0 Å². The molecule has 0 amide bonds. The van der Waals surface area contributed by atoms with E-state index in [0.717, 1.165) is 26.9 Å². The maximum atomic E-state index is 5.87. The van der Waals surface area contributed by atoms with Crippen molar-refractivity contribution in [1.82, 2.24) is 4.98 Å². The van der Waals surface area contributed by atoms with E-state index in [0.29, 0.717) is 13.2 Å². The maximum Gasteiger partial charge on any atom is 0.123 e. The van der Waals surface area contributed by atoms with E-state index in [1.54, 1.807) is 11.3 Å². The number of hydrogen-bond acceptors (Lipinski definition) is 3. The third kappa shape index (κ3) is 3.74. The summed E-state index contributed by atoms with van der Waals surface area (Å²) in [5, 5.41) is 1.79. The predicted molar refractivity (Wildman–Crippen MR) is 92.2 cm³/mol. The lowest BCUT2D eigenvalue weighted by Crippen LogP contribution is -1.96. The molecule has 0 aliphatic carbocycles. The SMILES string of the molecule is Cc1sc(-c2ccccc2)nc1COCc1ccc(Cl)cc1. The zero-order valence-electron chi connectivity index (χ0n) is 12.3. The van der Waals surface area contributed by atoms with Gasteiger partial charge in [-0.2, -0.15) is 0 Å². The number of thiazole rings is 1. The van der Waals surface area contributed by atoms with Gasteiger partial charge in [0.2, 0.25) is 0 Å². The second-order valence-corrected chi connectivity index (χ2v) is 6.65. The van der Waals surface area contributed by atoms with Gasteiger partial charge in [-0.15, -0.1) is 11.3 Å². The van der Waals surface area contributed by atoms with Gasteiger partial charge in [0.05, 0.1) is 18.9 Å². The molecule has 0 radical (unpaired) electrons. The van der Waals surface area contributed by atoms with E-state index in [2.05, 4.69) is 19.1 Å². The normalized spacial score (nSPS) is 10.8. The summed E-state index contributed by atoms with van der Waals surface area (Å²) in [7, 11) is 0. The van der Waals surface area contributed by atoms with E-state index in [-0.39, 0.29) is 0 Å². The Morgan fingerprint density at radius 3 is 2.45 bits per heavy atom. The molecule has 0 atom stereocenters. The van der Waals surface area contributed by atoms with Crippen LogP contribution in [0.3, 0.4) is 0 Å². The van der Waals surface area contributed by atoms with Gasteiger partial charge >= 0.3 is 0 Å². The zero-order valence-corrected chi connectivity index (χ0v) is 13.8. The molecule has 0 fully saturated rings. The Labute approximate surface area is 139 Å². The Bertz CT molecular complexity index is 738. The van der Waals surface area contributed by atoms with Crippen molar-refractivity contribution in [3.8, 4) is 10.6 Å². The fourth-order valence-corrected chi connectivity index (χ4v) is 3.16. The summed E-state index contributed by atoms with van der Waals surface area (Å²) >= 11 is 7.58. The van der Waals surface area contributed by atoms with Crippen molar-refractivity contribution in [3.05, 3.63) is 75.8 Å². The summed E-state index contributed by atoms with van der Waals surface area (Å²) in [5.41, 5.74) is 3.28. The lowest BCUT2D eigenvalue weighted by Gasteiger charge is -2.03. The minimum absolute atomic E-state index is 0.526. The first-order chi connectivity index (χ1) is 10.7. The fourth-order valence-electron chi connectivity index (χ4n) is 2.11. The molecule has 0 N–H and O–H groups in total. The van der Waals surface area contributed by atoms with Crippen LogP contribution < -0.4 is 0 Å². The molecule has 1 heterocycles. The highest BCUT2D eigenvalue weighted by atomic mass is 35.5. The van der Waals surface area contributed by atoms with Crippen LogP contribution in [0.1, 0.15) is 16.1 Å². The van der Waals surface area contributed by atoms with Crippen molar-refractivity contribution in [2.24, 2.45) is 0 Å². The van der Waals surface area contributed by atoms with E-state index in [1.807, 2.05) is 42.5 Å². The number of halogens is 1. The van der Waals surface area contributed by atoms with Gasteiger partial charge in [-0.25, -0.2) is 4.98 Å². The minimum Gasteiger partial charge on any atom is -0.370 e. The quantitative estimate of drug-likeness (QED) is 0.617. The van der Waals surface area contributed by atoms with E-state index in [4.69, 9.17) is 21.3 Å². The fraction of sp³-hybridized carbons (Fsp3) is 0.167. The highest BCUT2D eigenvalue weighted by Gasteiger charge is 2.09. The van der Waals surface area contributed by atoms with Gasteiger partial charge in [0, 0.05) is 15.5 Å². The van der Waals surface area contributed by atoms with Crippen molar-refractivity contribution in [1.29, 1.82) is 0 Å². The molecular weight excluding hydrogens is 314 g/mol. The lowest BCUT2D eigenvalue weighted by atomic mass is 10.2. The molecule has 3 aromatic rings. The molecule has 112 valence electrons. The third-order valence-electron chi connectivity index (χ3n) is 3.33. The molecule has 4 heteroatoms. The van der Waals surface area contributed by atoms with Crippen LogP contribution in [0.5, 0.6) is 0 Å². The van der Waals surface area contributed by atoms with Crippen molar-refractivity contribution >= 4 is 22.9 Å². The average Bonchev–Trinajstić information content (AvgIpc) is 2.91. The number of rotatable bonds is 5. The molecule has 0 spiro atoms. The molecule has 3 rings (SSSR count). The van der Waals surface area contributed by atoms with Gasteiger partial charge in [0.15, 0.2) is 0 Å². The second kappa shape index (κ2) is 7.05. The highest BCUT2D eigenvalue weighted by molar-refractivity contribution is 7.15. The summed E-state index contributed by atoms with van der Waals surface area (Å²) in [6.45, 7) is 3.18. The van der Waals surface area contributed by atoms with Crippen LogP contribution in [0.2, 0.25) is 5.02 Å². The molecule has 1 aromatic heterocycles. The summed E-state index contributed by atoms with van der Waals surface area (Å²) in [6, 6.07) is 17.9. The van der Waals surface area contributed by atoms with E-state index in [1.165, 1.54) is 4.88 Å². The zero-order chi connectivity index (χ0) is 15.4. The first-order valence-corrected chi connectivity index (χ1v) is 8.26. The molecule has 0 aliphatic rings. The summed E-state index contributed by atoms with van der Waals surface area (Å²) < 4.78 is 5.78. The standard InChI is InChI=1S/C18H16ClNOS/c1-13-17(12-21-11-14-7-9-16(19)10-8-14)20-18(22-13)15-5-3-2-4-6-15/h2-10H,11-12H2,1H3. The monoisotopic (exact) mass is 329 g/mol. The van der Waals surface area contributed by atoms with Gasteiger partial charge < -0.3 is 4.74 Å². The second-order valence-electron chi connectivity index (χ2n) is 5.01. The largest absolute Gasteiger partial charge is 0.370 e. The van der Waals surface area contributed by atoms with Crippen LogP contribution in [0, 0.1) is 6.92 Å². The van der Waals surface area contributed by atoms with E-state index >= 15 is 0 Å². The number of ether oxygens (including phenoxy) is 1. The van der Waals surface area contributed by atoms with Gasteiger partial charge in [-0.1, -0.05) is 54.1 Å². The van der Waals surface area contributed by atoms with Crippen LogP contribution in [0.25, 0.3) is 10.6 Å². The van der Waals surface area contributed by atoms with Crippen LogP contribution in [0.4, 0.5) is 0 Å². The Morgan fingerprint density at radius 2 is 1.73 bits per heavy atom. The molecule has 2 nitrogen and oxygen atoms in total. The average molecular weight is 330 g/mol. The summed E-state index contributed by atoms with van der Waals surface area (Å²) in [6.07, 6.45) is 0. The number of aryl methyl sites for hydroxylation is 1. The molecule has 0 aliphatic heterocycles. The number of benzene rings is 2. The molecule has 0 saturated carbocycles. The molecule has 22 heavy (non-hydrogen) atoms.